The highest BCUT2D eigenvalue weighted by molar-refractivity contribution is 5.79. The largest absolute Gasteiger partial charge is 0.469 e. The highest BCUT2D eigenvalue weighted by atomic mass is 16.5. The molecule has 142 valence electrons. The zero-order chi connectivity index (χ0) is 18.5. The lowest BCUT2D eigenvalue weighted by atomic mass is 9.92. The van der Waals surface area contributed by atoms with Gasteiger partial charge in [0.15, 0.2) is 0 Å². The average Bonchev–Trinajstić information content (AvgIpc) is 2.67. The molecule has 1 aromatic rings. The van der Waals surface area contributed by atoms with Crippen LogP contribution in [0.3, 0.4) is 0 Å². The Morgan fingerprint density at radius 3 is 2.31 bits per heavy atom. The summed E-state index contributed by atoms with van der Waals surface area (Å²) in [5, 5.41) is 0. The van der Waals surface area contributed by atoms with Crippen molar-refractivity contribution in [3.8, 4) is 0 Å². The lowest BCUT2D eigenvalue weighted by Crippen LogP contribution is -2.46. The Bertz CT molecular complexity index is 630. The Morgan fingerprint density at radius 2 is 1.69 bits per heavy atom. The van der Waals surface area contributed by atoms with Crippen LogP contribution in [0.1, 0.15) is 36.8 Å². The second kappa shape index (κ2) is 8.67. The lowest BCUT2D eigenvalue weighted by Gasteiger charge is -2.36. The molecule has 2 aliphatic rings. The van der Waals surface area contributed by atoms with E-state index in [1.807, 2.05) is 4.90 Å². The minimum absolute atomic E-state index is 0.0415. The Kier molecular flexibility index (Phi) is 6.30. The summed E-state index contributed by atoms with van der Waals surface area (Å²) in [5.74, 6) is 0.240. The number of carbonyl (C=O) groups excluding carboxylic acids is 2. The number of carbonyl (C=O) groups is 2. The van der Waals surface area contributed by atoms with E-state index in [0.717, 1.165) is 45.3 Å². The molecule has 0 aromatic heterocycles. The predicted octanol–water partition coefficient (Wildman–Crippen LogP) is 2.62. The molecule has 2 aliphatic heterocycles. The number of hydrogen-bond acceptors (Lipinski definition) is 4. The predicted molar refractivity (Wildman–Crippen MR) is 101 cm³/mol. The zero-order valence-corrected chi connectivity index (χ0v) is 15.9. The van der Waals surface area contributed by atoms with Crippen molar-refractivity contribution in [3.63, 3.8) is 0 Å². The first-order valence-electron chi connectivity index (χ1n) is 9.71. The molecule has 0 N–H and O–H groups in total. The van der Waals surface area contributed by atoms with Gasteiger partial charge in [0, 0.05) is 25.6 Å². The van der Waals surface area contributed by atoms with E-state index in [9.17, 15) is 9.59 Å². The first-order valence-corrected chi connectivity index (χ1v) is 9.71. The fourth-order valence-electron chi connectivity index (χ4n) is 4.17. The van der Waals surface area contributed by atoms with Gasteiger partial charge in [0.25, 0.3) is 0 Å². The van der Waals surface area contributed by atoms with Gasteiger partial charge >= 0.3 is 5.97 Å². The van der Waals surface area contributed by atoms with Crippen LogP contribution in [0.15, 0.2) is 24.3 Å². The van der Waals surface area contributed by atoms with Gasteiger partial charge in [0.2, 0.25) is 5.91 Å². The quantitative estimate of drug-likeness (QED) is 0.777. The van der Waals surface area contributed by atoms with Crippen LogP contribution < -0.4 is 0 Å². The van der Waals surface area contributed by atoms with Gasteiger partial charge in [-0.25, -0.2) is 0 Å². The maximum Gasteiger partial charge on any atom is 0.308 e. The van der Waals surface area contributed by atoms with Crippen molar-refractivity contribution in [3.05, 3.63) is 35.4 Å². The van der Waals surface area contributed by atoms with Crippen LogP contribution in [0.25, 0.3) is 0 Å². The number of aryl methyl sites for hydroxylation is 1. The molecule has 0 unspecified atom stereocenters. The van der Waals surface area contributed by atoms with Crippen molar-refractivity contribution in [1.29, 1.82) is 0 Å². The maximum atomic E-state index is 12.8. The van der Waals surface area contributed by atoms with E-state index in [1.54, 1.807) is 0 Å². The molecule has 5 nitrogen and oxygen atoms in total. The molecule has 0 spiro atoms. The minimum atomic E-state index is -0.137. The smallest absolute Gasteiger partial charge is 0.308 e. The number of likely N-dealkylation sites (tertiary alicyclic amines) is 2. The van der Waals surface area contributed by atoms with Crippen LogP contribution in [-0.4, -0.2) is 55.0 Å². The van der Waals surface area contributed by atoms with Gasteiger partial charge in [-0.2, -0.15) is 0 Å². The number of esters is 1. The minimum Gasteiger partial charge on any atom is -0.469 e. The molecular weight excluding hydrogens is 328 g/mol. The topological polar surface area (TPSA) is 49.9 Å². The standard InChI is InChI=1S/C21H30N2O3/c1-16-4-3-5-17(14-16)15-22-10-6-18(7-11-22)20(24)23-12-8-19(9-13-23)21(25)26-2/h3-5,14,18-19H,6-13,15H2,1-2H3. The molecule has 0 bridgehead atoms. The Labute approximate surface area is 156 Å². The molecule has 0 atom stereocenters. The van der Waals surface area contributed by atoms with E-state index < -0.39 is 0 Å². The summed E-state index contributed by atoms with van der Waals surface area (Å²) in [6.45, 7) is 6.40. The monoisotopic (exact) mass is 358 g/mol. The molecule has 0 saturated carbocycles. The second-order valence-corrected chi connectivity index (χ2v) is 7.66. The number of piperidine rings is 2. The summed E-state index contributed by atoms with van der Waals surface area (Å²) < 4.78 is 4.82. The van der Waals surface area contributed by atoms with E-state index in [-0.39, 0.29) is 23.7 Å². The van der Waals surface area contributed by atoms with Crippen LogP contribution in [-0.2, 0) is 20.9 Å². The average molecular weight is 358 g/mol. The summed E-state index contributed by atoms with van der Waals surface area (Å²) >= 11 is 0. The summed E-state index contributed by atoms with van der Waals surface area (Å²) in [4.78, 5) is 28.8. The van der Waals surface area contributed by atoms with Crippen molar-refractivity contribution < 1.29 is 14.3 Å². The molecule has 5 heteroatoms. The second-order valence-electron chi connectivity index (χ2n) is 7.66. The maximum absolute atomic E-state index is 12.8. The third kappa shape index (κ3) is 4.64. The number of benzene rings is 1. The van der Waals surface area contributed by atoms with E-state index in [2.05, 4.69) is 36.1 Å². The number of nitrogens with zero attached hydrogens (tertiary/aromatic N) is 2. The summed E-state index contributed by atoms with van der Waals surface area (Å²) in [6, 6.07) is 8.65. The van der Waals surface area contributed by atoms with E-state index >= 15 is 0 Å². The number of hydrogen-bond donors (Lipinski definition) is 0. The van der Waals surface area contributed by atoms with Crippen LogP contribution in [0.4, 0.5) is 0 Å². The van der Waals surface area contributed by atoms with Crippen LogP contribution in [0, 0.1) is 18.8 Å². The van der Waals surface area contributed by atoms with Crippen LogP contribution in [0.2, 0.25) is 0 Å². The van der Waals surface area contributed by atoms with Gasteiger partial charge in [-0.1, -0.05) is 29.8 Å². The van der Waals surface area contributed by atoms with Crippen LogP contribution in [0.5, 0.6) is 0 Å². The SMILES string of the molecule is COC(=O)C1CCN(C(=O)C2CCN(Cc3cccc(C)c3)CC2)CC1. The number of methoxy groups -OCH3 is 1. The molecule has 0 aliphatic carbocycles. The van der Waals surface area contributed by atoms with Crippen LogP contribution >= 0.6 is 0 Å². The van der Waals surface area contributed by atoms with Crippen molar-refractivity contribution in [2.45, 2.75) is 39.2 Å². The third-order valence-corrected chi connectivity index (χ3v) is 5.77. The van der Waals surface area contributed by atoms with E-state index in [1.165, 1.54) is 18.2 Å². The molecular formula is C21H30N2O3. The summed E-state index contributed by atoms with van der Waals surface area (Å²) in [6.07, 6.45) is 3.32. The first kappa shape index (κ1) is 18.9. The lowest BCUT2D eigenvalue weighted by molar-refractivity contribution is -0.150. The van der Waals surface area contributed by atoms with Gasteiger partial charge in [-0.3, -0.25) is 14.5 Å². The number of rotatable bonds is 4. The normalized spacial score (nSPS) is 20.2. The molecule has 26 heavy (non-hydrogen) atoms. The molecule has 0 radical (unpaired) electrons. The van der Waals surface area contributed by atoms with E-state index in [4.69, 9.17) is 4.74 Å². The Morgan fingerprint density at radius 1 is 1.04 bits per heavy atom. The molecule has 2 fully saturated rings. The van der Waals surface area contributed by atoms with E-state index in [0.29, 0.717) is 13.1 Å². The van der Waals surface area contributed by atoms with Crippen molar-refractivity contribution in [1.82, 2.24) is 9.80 Å². The Balaban J connectivity index is 1.44. The zero-order valence-electron chi connectivity index (χ0n) is 15.9. The highest BCUT2D eigenvalue weighted by Gasteiger charge is 2.32. The molecule has 2 heterocycles. The van der Waals surface area contributed by atoms with Gasteiger partial charge in [-0.05, 0) is 51.3 Å². The molecule has 1 amide bonds. The summed E-state index contributed by atoms with van der Waals surface area (Å²) in [5.41, 5.74) is 2.64. The molecule has 1 aromatic carbocycles. The Hall–Kier alpha value is -1.88. The fourth-order valence-corrected chi connectivity index (χ4v) is 4.17. The van der Waals surface area contributed by atoms with Crippen molar-refractivity contribution in [2.75, 3.05) is 33.3 Å². The third-order valence-electron chi connectivity index (χ3n) is 5.77. The van der Waals surface area contributed by atoms with Gasteiger partial charge in [-0.15, -0.1) is 0 Å². The van der Waals surface area contributed by atoms with Gasteiger partial charge < -0.3 is 9.64 Å². The van der Waals surface area contributed by atoms with Gasteiger partial charge in [0.1, 0.15) is 0 Å². The number of amides is 1. The number of ether oxygens (including phenoxy) is 1. The highest BCUT2D eigenvalue weighted by Crippen LogP contribution is 2.25. The van der Waals surface area contributed by atoms with Crippen molar-refractivity contribution >= 4 is 11.9 Å². The van der Waals surface area contributed by atoms with Gasteiger partial charge in [0.05, 0.1) is 13.0 Å². The molecule has 3 rings (SSSR count). The molecule has 2 saturated heterocycles. The summed E-state index contributed by atoms with van der Waals surface area (Å²) in [7, 11) is 1.43. The first-order chi connectivity index (χ1) is 12.6. The van der Waals surface area contributed by atoms with Crippen molar-refractivity contribution in [2.24, 2.45) is 11.8 Å². The fraction of sp³-hybridized carbons (Fsp3) is 0.619.